The molecule has 3 aromatic heterocycles. The van der Waals surface area contributed by atoms with E-state index in [0.29, 0.717) is 6.04 Å². The molecule has 3 nitrogen and oxygen atoms in total. The smallest absolute Gasteiger partial charge is 0.137 e. The van der Waals surface area contributed by atoms with E-state index in [0.717, 1.165) is 17.9 Å². The summed E-state index contributed by atoms with van der Waals surface area (Å²) < 4.78 is 2.19. The highest BCUT2D eigenvalue weighted by atomic mass is 32.1. The molecule has 3 aromatic rings. The van der Waals surface area contributed by atoms with Gasteiger partial charge in [-0.2, -0.15) is 0 Å². The van der Waals surface area contributed by atoms with Crippen LogP contribution in [0.5, 0.6) is 0 Å². The highest BCUT2D eigenvalue weighted by Gasteiger charge is 2.21. The fraction of sp³-hybridized carbons (Fsp3) is 0.353. The highest BCUT2D eigenvalue weighted by Crippen LogP contribution is 2.33. The van der Waals surface area contributed by atoms with Crippen molar-refractivity contribution in [1.29, 1.82) is 0 Å². The minimum atomic E-state index is 0.494. The molecule has 1 atom stereocenters. The van der Waals surface area contributed by atoms with Crippen LogP contribution in [-0.2, 0) is 13.0 Å². The SMILES string of the molecule is Cc1nc2ccccn2c1CNC1CCCc2sccc21. The molecule has 1 unspecified atom stereocenters. The van der Waals surface area contributed by atoms with E-state index in [2.05, 4.69) is 51.4 Å². The Morgan fingerprint density at radius 3 is 3.29 bits per heavy atom. The molecule has 0 spiro atoms. The first-order valence-corrected chi connectivity index (χ1v) is 8.43. The number of nitrogens with zero attached hydrogens (tertiary/aromatic N) is 2. The molecule has 0 fully saturated rings. The van der Waals surface area contributed by atoms with Crippen molar-refractivity contribution in [3.8, 4) is 0 Å². The van der Waals surface area contributed by atoms with E-state index in [-0.39, 0.29) is 0 Å². The van der Waals surface area contributed by atoms with E-state index in [1.165, 1.54) is 30.5 Å². The third-order valence-electron chi connectivity index (χ3n) is 4.40. The van der Waals surface area contributed by atoms with Crippen molar-refractivity contribution in [2.75, 3.05) is 0 Å². The number of fused-ring (bicyclic) bond motifs is 2. The highest BCUT2D eigenvalue weighted by molar-refractivity contribution is 7.10. The van der Waals surface area contributed by atoms with Gasteiger partial charge in [-0.3, -0.25) is 0 Å². The first-order chi connectivity index (χ1) is 10.3. The largest absolute Gasteiger partial charge is 0.304 e. The van der Waals surface area contributed by atoms with Gasteiger partial charge in [0, 0.05) is 23.7 Å². The lowest BCUT2D eigenvalue weighted by atomic mass is 9.94. The molecule has 1 N–H and O–H groups in total. The lowest BCUT2D eigenvalue weighted by Gasteiger charge is -2.23. The third kappa shape index (κ3) is 2.28. The molecule has 0 aromatic carbocycles. The number of rotatable bonds is 3. The number of pyridine rings is 1. The molecule has 0 saturated carbocycles. The van der Waals surface area contributed by atoms with E-state index >= 15 is 0 Å². The van der Waals surface area contributed by atoms with Gasteiger partial charge in [-0.15, -0.1) is 11.3 Å². The number of imidazole rings is 1. The van der Waals surface area contributed by atoms with Crippen molar-refractivity contribution < 1.29 is 0 Å². The number of hydrogen-bond acceptors (Lipinski definition) is 3. The minimum Gasteiger partial charge on any atom is -0.304 e. The Morgan fingerprint density at radius 1 is 1.38 bits per heavy atom. The Balaban J connectivity index is 1.59. The maximum absolute atomic E-state index is 4.64. The topological polar surface area (TPSA) is 29.3 Å². The second-order valence-electron chi connectivity index (χ2n) is 5.70. The van der Waals surface area contributed by atoms with Crippen molar-refractivity contribution in [2.45, 2.75) is 38.8 Å². The summed E-state index contributed by atoms with van der Waals surface area (Å²) in [6.07, 6.45) is 5.87. The van der Waals surface area contributed by atoms with Gasteiger partial charge >= 0.3 is 0 Å². The zero-order chi connectivity index (χ0) is 14.2. The summed E-state index contributed by atoms with van der Waals surface area (Å²) in [4.78, 5) is 6.20. The normalized spacial score (nSPS) is 18.0. The Labute approximate surface area is 128 Å². The van der Waals surface area contributed by atoms with Crippen LogP contribution < -0.4 is 5.32 Å². The van der Waals surface area contributed by atoms with Crippen molar-refractivity contribution in [2.24, 2.45) is 0 Å². The summed E-state index contributed by atoms with van der Waals surface area (Å²) in [5, 5.41) is 5.97. The van der Waals surface area contributed by atoms with Crippen LogP contribution >= 0.6 is 11.3 Å². The molecule has 0 amide bonds. The number of aryl methyl sites for hydroxylation is 2. The second-order valence-corrected chi connectivity index (χ2v) is 6.70. The van der Waals surface area contributed by atoms with E-state index in [4.69, 9.17) is 0 Å². The second kappa shape index (κ2) is 5.28. The molecule has 0 bridgehead atoms. The quantitative estimate of drug-likeness (QED) is 0.795. The van der Waals surface area contributed by atoms with E-state index in [1.54, 1.807) is 4.88 Å². The molecule has 4 rings (SSSR count). The number of thiophene rings is 1. The van der Waals surface area contributed by atoms with E-state index in [9.17, 15) is 0 Å². The van der Waals surface area contributed by atoms with Gasteiger partial charge in [-0.1, -0.05) is 6.07 Å². The van der Waals surface area contributed by atoms with Gasteiger partial charge < -0.3 is 9.72 Å². The van der Waals surface area contributed by atoms with E-state index < -0.39 is 0 Å². The summed E-state index contributed by atoms with van der Waals surface area (Å²) in [6.45, 7) is 2.97. The molecule has 3 heterocycles. The van der Waals surface area contributed by atoms with Gasteiger partial charge in [-0.05, 0) is 55.3 Å². The maximum Gasteiger partial charge on any atom is 0.137 e. The van der Waals surface area contributed by atoms with Crippen LogP contribution in [0.1, 0.15) is 40.7 Å². The monoisotopic (exact) mass is 297 g/mol. The standard InChI is InChI=1S/C17H19N3S/c1-12-15(20-9-3-2-7-17(20)19-12)11-18-14-5-4-6-16-13(14)8-10-21-16/h2-3,7-10,14,18H,4-6,11H2,1H3. The van der Waals surface area contributed by atoms with Gasteiger partial charge in [-0.25, -0.2) is 4.98 Å². The Morgan fingerprint density at radius 2 is 2.33 bits per heavy atom. The summed E-state index contributed by atoms with van der Waals surface area (Å²) in [5.41, 5.74) is 4.94. The molecular weight excluding hydrogens is 278 g/mol. The van der Waals surface area contributed by atoms with Crippen LogP contribution in [0.4, 0.5) is 0 Å². The lowest BCUT2D eigenvalue weighted by molar-refractivity contribution is 0.459. The Kier molecular flexibility index (Phi) is 3.28. The molecule has 0 saturated heterocycles. The average molecular weight is 297 g/mol. The maximum atomic E-state index is 4.64. The molecule has 108 valence electrons. The molecule has 1 aliphatic carbocycles. The number of hydrogen-bond donors (Lipinski definition) is 1. The van der Waals surface area contributed by atoms with Crippen LogP contribution in [0.2, 0.25) is 0 Å². The first-order valence-electron chi connectivity index (χ1n) is 7.55. The van der Waals surface area contributed by atoms with Crippen LogP contribution in [0.3, 0.4) is 0 Å². The van der Waals surface area contributed by atoms with Gasteiger partial charge in [0.25, 0.3) is 0 Å². The molecule has 0 aliphatic heterocycles. The molecule has 21 heavy (non-hydrogen) atoms. The van der Waals surface area contributed by atoms with Gasteiger partial charge in [0.2, 0.25) is 0 Å². The molecule has 1 aliphatic rings. The lowest BCUT2D eigenvalue weighted by Crippen LogP contribution is -2.24. The third-order valence-corrected chi connectivity index (χ3v) is 5.39. The van der Waals surface area contributed by atoms with Gasteiger partial charge in [0.1, 0.15) is 5.65 Å². The van der Waals surface area contributed by atoms with E-state index in [1.807, 2.05) is 17.4 Å². The molecule has 0 radical (unpaired) electrons. The zero-order valence-corrected chi connectivity index (χ0v) is 13.0. The van der Waals surface area contributed by atoms with Gasteiger partial charge in [0.15, 0.2) is 0 Å². The average Bonchev–Trinajstić information content (AvgIpc) is 3.09. The predicted molar refractivity (Wildman–Crippen MR) is 86.8 cm³/mol. The number of aromatic nitrogens is 2. The fourth-order valence-corrected chi connectivity index (χ4v) is 4.28. The first kappa shape index (κ1) is 13.0. The van der Waals surface area contributed by atoms with Crippen LogP contribution in [0, 0.1) is 6.92 Å². The summed E-state index contributed by atoms with van der Waals surface area (Å²) in [5.74, 6) is 0. The fourth-order valence-electron chi connectivity index (χ4n) is 3.30. The summed E-state index contributed by atoms with van der Waals surface area (Å²) in [6, 6.07) is 8.95. The minimum absolute atomic E-state index is 0.494. The molecular formula is C17H19N3S. The predicted octanol–water partition coefficient (Wildman–Crippen LogP) is 3.87. The van der Waals surface area contributed by atoms with Crippen molar-refractivity contribution >= 4 is 17.0 Å². The Bertz CT molecular complexity index is 771. The summed E-state index contributed by atoms with van der Waals surface area (Å²) in [7, 11) is 0. The van der Waals surface area contributed by atoms with Crippen molar-refractivity contribution in [3.63, 3.8) is 0 Å². The number of nitrogens with one attached hydrogen (secondary N) is 1. The van der Waals surface area contributed by atoms with Gasteiger partial charge in [0.05, 0.1) is 11.4 Å². The molecule has 4 heteroatoms. The summed E-state index contributed by atoms with van der Waals surface area (Å²) >= 11 is 1.90. The van der Waals surface area contributed by atoms with Crippen LogP contribution in [0.25, 0.3) is 5.65 Å². The van der Waals surface area contributed by atoms with Crippen molar-refractivity contribution in [3.05, 3.63) is 57.7 Å². The zero-order valence-electron chi connectivity index (χ0n) is 12.2. The van der Waals surface area contributed by atoms with Crippen molar-refractivity contribution in [1.82, 2.24) is 14.7 Å². The Hall–Kier alpha value is -1.65. The van der Waals surface area contributed by atoms with Crippen LogP contribution in [-0.4, -0.2) is 9.38 Å². The van der Waals surface area contributed by atoms with Crippen LogP contribution in [0.15, 0.2) is 35.8 Å².